The summed E-state index contributed by atoms with van der Waals surface area (Å²) >= 11 is 0. The van der Waals surface area contributed by atoms with Gasteiger partial charge in [0.2, 0.25) is 0 Å². The van der Waals surface area contributed by atoms with Crippen molar-refractivity contribution in [1.82, 2.24) is 0 Å². The van der Waals surface area contributed by atoms with E-state index in [0.717, 1.165) is 0 Å². The molecular weight excluding hydrogens is 480 g/mol. The van der Waals surface area contributed by atoms with Gasteiger partial charge in [0, 0.05) is 0 Å². The van der Waals surface area contributed by atoms with Gasteiger partial charge in [-0.1, -0.05) is 0 Å². The Kier molecular flexibility index (Phi) is 21.9. The number of rotatable bonds is 1. The van der Waals surface area contributed by atoms with Gasteiger partial charge in [-0.05, 0) is 0 Å². The van der Waals surface area contributed by atoms with Gasteiger partial charge in [-0.3, -0.25) is 0 Å². The lowest BCUT2D eigenvalue weighted by Gasteiger charge is -2.27. The zero-order chi connectivity index (χ0) is 25.2. The average Bonchev–Trinajstić information content (AvgIpc) is 2.89. The van der Waals surface area contributed by atoms with Gasteiger partial charge in [0.25, 0.3) is 0 Å². The van der Waals surface area contributed by atoms with Gasteiger partial charge in [-0.25, -0.2) is 0 Å². The van der Waals surface area contributed by atoms with Crippen molar-refractivity contribution in [3.05, 3.63) is 0 Å². The largest absolute Gasteiger partial charge is 0.377 e. The smallest absolute Gasteiger partial charge is 0.109 e. The number of ether oxygens (including phenoxy) is 12. The van der Waals surface area contributed by atoms with Gasteiger partial charge in [0.15, 0.2) is 0 Å². The predicted octanol–water partition coefficient (Wildman–Crippen LogP) is -0.0500. The molecule has 2 saturated heterocycles. The monoisotopic (exact) mass is 526 g/mol. The van der Waals surface area contributed by atoms with Crippen LogP contribution in [-0.2, 0) is 56.8 Å². The number of hydrogen-bond donors (Lipinski definition) is 0. The minimum Gasteiger partial charge on any atom is -0.377 e. The summed E-state index contributed by atoms with van der Waals surface area (Å²) in [5.74, 6) is 0. The van der Waals surface area contributed by atoms with Crippen molar-refractivity contribution in [3.8, 4) is 0 Å². The van der Waals surface area contributed by atoms with Crippen LogP contribution in [0, 0.1) is 0 Å². The summed E-state index contributed by atoms with van der Waals surface area (Å²) in [6, 6.07) is 0. The van der Waals surface area contributed by atoms with E-state index in [-0.39, 0.29) is 12.2 Å². The molecule has 0 aromatic heterocycles. The summed E-state index contributed by atoms with van der Waals surface area (Å²) in [7, 11) is 0. The first-order valence-electron chi connectivity index (χ1n) is 13.0. The van der Waals surface area contributed by atoms with Crippen molar-refractivity contribution in [2.45, 2.75) is 12.2 Å². The molecule has 2 fully saturated rings. The lowest BCUT2D eigenvalue weighted by molar-refractivity contribution is -0.144. The molecule has 0 radical (unpaired) electrons. The predicted molar refractivity (Wildman–Crippen MR) is 128 cm³/mol. The van der Waals surface area contributed by atoms with Gasteiger partial charge in [0.05, 0.1) is 145 Å². The van der Waals surface area contributed by atoms with Gasteiger partial charge in [0.1, 0.15) is 12.2 Å². The van der Waals surface area contributed by atoms with Crippen LogP contribution in [0.3, 0.4) is 0 Å². The third kappa shape index (κ3) is 18.7. The van der Waals surface area contributed by atoms with Gasteiger partial charge in [-0.15, -0.1) is 0 Å². The van der Waals surface area contributed by atoms with E-state index in [0.29, 0.717) is 145 Å². The maximum absolute atomic E-state index is 6.10. The van der Waals surface area contributed by atoms with Gasteiger partial charge >= 0.3 is 0 Å². The van der Waals surface area contributed by atoms with E-state index in [1.165, 1.54) is 0 Å². The van der Waals surface area contributed by atoms with Crippen molar-refractivity contribution < 1.29 is 56.8 Å². The Morgan fingerprint density at radius 2 is 0.417 bits per heavy atom. The minimum atomic E-state index is -0.352. The molecule has 0 aromatic rings. The van der Waals surface area contributed by atoms with E-state index in [2.05, 4.69) is 0 Å². The van der Waals surface area contributed by atoms with Crippen LogP contribution in [0.25, 0.3) is 0 Å². The van der Waals surface area contributed by atoms with Crippen LogP contribution < -0.4 is 0 Å². The molecule has 0 spiro atoms. The SMILES string of the molecule is C1COCCOCCOC(C2COCCOCCOCCOCCOCCO2)COCCOCCO1. The van der Waals surface area contributed by atoms with E-state index < -0.39 is 0 Å². The molecule has 0 aliphatic carbocycles. The Labute approximate surface area is 214 Å². The highest BCUT2D eigenvalue weighted by molar-refractivity contribution is 4.71. The van der Waals surface area contributed by atoms with Crippen molar-refractivity contribution in [1.29, 1.82) is 0 Å². The molecule has 2 rings (SSSR count). The summed E-state index contributed by atoms with van der Waals surface area (Å²) in [6.45, 7) is 10.3. The van der Waals surface area contributed by atoms with E-state index in [9.17, 15) is 0 Å². The molecule has 0 N–H and O–H groups in total. The zero-order valence-corrected chi connectivity index (χ0v) is 21.6. The summed E-state index contributed by atoms with van der Waals surface area (Å²) in [5.41, 5.74) is 0. The summed E-state index contributed by atoms with van der Waals surface area (Å²) in [4.78, 5) is 0. The molecule has 12 heteroatoms. The van der Waals surface area contributed by atoms with Crippen LogP contribution in [0.1, 0.15) is 0 Å². The molecule has 0 aromatic carbocycles. The first-order valence-corrected chi connectivity index (χ1v) is 13.0. The van der Waals surface area contributed by atoms with Crippen LogP contribution >= 0.6 is 0 Å². The van der Waals surface area contributed by atoms with Crippen LogP contribution in [0.2, 0.25) is 0 Å². The molecule has 2 atom stereocenters. The van der Waals surface area contributed by atoms with Gasteiger partial charge in [-0.2, -0.15) is 0 Å². The lowest BCUT2D eigenvalue weighted by Crippen LogP contribution is -2.41. The van der Waals surface area contributed by atoms with Gasteiger partial charge < -0.3 is 56.8 Å². The van der Waals surface area contributed by atoms with Crippen molar-refractivity contribution in [2.24, 2.45) is 0 Å². The molecule has 2 unspecified atom stereocenters. The normalized spacial score (nSPS) is 28.7. The Hall–Kier alpha value is -0.480. The van der Waals surface area contributed by atoms with Crippen molar-refractivity contribution >= 4 is 0 Å². The Balaban J connectivity index is 1.83. The van der Waals surface area contributed by atoms with Crippen LogP contribution in [-0.4, -0.2) is 158 Å². The standard InChI is InChI=1S/C24H46O12/c1-3-27-9-11-31-17-19-35-23(21-33-15-13-29-7-5-25-1)24-22-34-16-14-30-8-6-26-2-4-28-10-12-32-18-20-36-24/h23-24H,1-22H2. The first kappa shape index (κ1) is 31.7. The molecule has 2 heterocycles. The van der Waals surface area contributed by atoms with Crippen LogP contribution in [0.5, 0.6) is 0 Å². The topological polar surface area (TPSA) is 111 Å². The third-order valence-electron chi connectivity index (χ3n) is 5.07. The average molecular weight is 527 g/mol. The van der Waals surface area contributed by atoms with Crippen molar-refractivity contribution in [3.63, 3.8) is 0 Å². The summed E-state index contributed by atoms with van der Waals surface area (Å²) in [5, 5.41) is 0. The first-order chi connectivity index (χ1) is 18.0. The second-order valence-electron chi connectivity index (χ2n) is 7.87. The van der Waals surface area contributed by atoms with E-state index in [4.69, 9.17) is 56.8 Å². The van der Waals surface area contributed by atoms with Crippen molar-refractivity contribution in [2.75, 3.05) is 145 Å². The molecule has 214 valence electrons. The molecule has 0 bridgehead atoms. The highest BCUT2D eigenvalue weighted by Crippen LogP contribution is 2.08. The molecular formula is C24H46O12. The van der Waals surface area contributed by atoms with E-state index >= 15 is 0 Å². The fourth-order valence-electron chi connectivity index (χ4n) is 3.20. The fourth-order valence-corrected chi connectivity index (χ4v) is 3.20. The third-order valence-corrected chi connectivity index (χ3v) is 5.07. The zero-order valence-electron chi connectivity index (χ0n) is 21.6. The molecule has 2 aliphatic rings. The Bertz CT molecular complexity index is 383. The maximum Gasteiger partial charge on any atom is 0.109 e. The second-order valence-corrected chi connectivity index (χ2v) is 7.87. The molecule has 36 heavy (non-hydrogen) atoms. The Morgan fingerprint density at radius 3 is 0.667 bits per heavy atom. The van der Waals surface area contributed by atoms with E-state index in [1.54, 1.807) is 0 Å². The Morgan fingerprint density at radius 1 is 0.222 bits per heavy atom. The number of hydrogen-bond acceptors (Lipinski definition) is 12. The lowest BCUT2D eigenvalue weighted by atomic mass is 10.2. The highest BCUT2D eigenvalue weighted by Gasteiger charge is 2.24. The molecule has 0 amide bonds. The summed E-state index contributed by atoms with van der Waals surface area (Å²) < 4.78 is 68.1. The molecule has 12 nitrogen and oxygen atoms in total. The quantitative estimate of drug-likeness (QED) is 0.457. The van der Waals surface area contributed by atoms with Crippen LogP contribution in [0.15, 0.2) is 0 Å². The maximum atomic E-state index is 6.10. The summed E-state index contributed by atoms with van der Waals surface area (Å²) in [6.07, 6.45) is -0.703. The molecule has 0 saturated carbocycles. The van der Waals surface area contributed by atoms with Crippen LogP contribution in [0.4, 0.5) is 0 Å². The minimum absolute atomic E-state index is 0.333. The van der Waals surface area contributed by atoms with E-state index in [1.807, 2.05) is 0 Å². The fraction of sp³-hybridized carbons (Fsp3) is 1.00. The highest BCUT2D eigenvalue weighted by atomic mass is 16.6. The molecule has 2 aliphatic heterocycles. The second kappa shape index (κ2) is 24.8.